The summed E-state index contributed by atoms with van der Waals surface area (Å²) in [5, 5.41) is 3.79. The van der Waals surface area contributed by atoms with Gasteiger partial charge in [-0.05, 0) is 44.1 Å². The van der Waals surface area contributed by atoms with Gasteiger partial charge in [0.25, 0.3) is 0 Å². The number of carbonyl (C=O) groups excluding carboxylic acids is 1. The first-order valence-corrected chi connectivity index (χ1v) is 13.8. The third-order valence-corrected chi connectivity index (χ3v) is 9.32. The topological polar surface area (TPSA) is 102 Å². The Kier molecular flexibility index (Phi) is 7.18. The van der Waals surface area contributed by atoms with Crippen LogP contribution >= 0.6 is 0 Å². The normalized spacial score (nSPS) is 21.3. The number of sulfonamides is 1. The molecule has 3 aliphatic rings. The van der Waals surface area contributed by atoms with Crippen molar-refractivity contribution in [1.29, 1.82) is 0 Å². The van der Waals surface area contributed by atoms with Crippen LogP contribution in [0.15, 0.2) is 27.6 Å². The number of rotatable bonds is 5. The lowest BCUT2D eigenvalue weighted by Crippen LogP contribution is -2.50. The van der Waals surface area contributed by atoms with Crippen LogP contribution in [-0.2, 0) is 24.3 Å². The fourth-order valence-electron chi connectivity index (χ4n) is 5.18. The third kappa shape index (κ3) is 5.20. The van der Waals surface area contributed by atoms with Crippen LogP contribution in [0.2, 0.25) is 0 Å². The number of ether oxygens (including phenoxy) is 2. The highest BCUT2D eigenvalue weighted by atomic mass is 32.2. The van der Waals surface area contributed by atoms with Crippen LogP contribution in [0.4, 0.5) is 8.78 Å². The van der Waals surface area contributed by atoms with Gasteiger partial charge in [0.05, 0.1) is 13.2 Å². The number of nitrogens with zero attached hydrogens (tertiary/aromatic N) is 3. The summed E-state index contributed by atoms with van der Waals surface area (Å²) in [6, 6.07) is 3.10. The average molecular weight is 538 g/mol. The molecule has 0 saturated carbocycles. The summed E-state index contributed by atoms with van der Waals surface area (Å²) in [7, 11) is -3.98. The molecule has 5 rings (SSSR count). The van der Waals surface area contributed by atoms with Gasteiger partial charge >= 0.3 is 0 Å². The molecule has 1 amide bonds. The number of aryl methyl sites for hydroxylation is 1. The molecular formula is C25H29F2N3O6S. The number of carbonyl (C=O) groups is 1. The predicted molar refractivity (Wildman–Crippen MR) is 128 cm³/mol. The standard InChI is InChI=1S/C25H29F2N3O6S/c1-17-23(22(36-28-17)5-3-18-2-4-20(26)16-21(18)27)37(32,33)30-10-6-19(7-11-30)24(31)29-12-8-25(9-13-29)34-14-15-35-25/h2-5,16,19H,6-15H2,1H3. The minimum absolute atomic E-state index is 0.0380. The summed E-state index contributed by atoms with van der Waals surface area (Å²) in [6.45, 7) is 4.15. The van der Waals surface area contributed by atoms with Gasteiger partial charge in [0.2, 0.25) is 15.9 Å². The van der Waals surface area contributed by atoms with Gasteiger partial charge in [-0.3, -0.25) is 4.79 Å². The predicted octanol–water partition coefficient (Wildman–Crippen LogP) is 3.20. The first kappa shape index (κ1) is 26.0. The molecule has 0 atom stereocenters. The number of halogens is 2. The molecule has 12 heteroatoms. The van der Waals surface area contributed by atoms with Crippen LogP contribution in [0.5, 0.6) is 0 Å². The minimum Gasteiger partial charge on any atom is -0.355 e. The zero-order chi connectivity index (χ0) is 26.2. The SMILES string of the molecule is Cc1noc(C=Cc2ccc(F)cc2F)c1S(=O)(=O)N1CCC(C(=O)N2CCC3(CC2)OCCO3)CC1. The summed E-state index contributed by atoms with van der Waals surface area (Å²) < 4.78 is 72.1. The summed E-state index contributed by atoms with van der Waals surface area (Å²) in [6.07, 6.45) is 4.70. The fourth-order valence-corrected chi connectivity index (χ4v) is 6.90. The molecule has 9 nitrogen and oxygen atoms in total. The Bertz CT molecular complexity index is 1290. The fraction of sp³-hybridized carbons (Fsp3) is 0.520. The van der Waals surface area contributed by atoms with Crippen molar-refractivity contribution in [3.63, 3.8) is 0 Å². The van der Waals surface area contributed by atoms with E-state index in [-0.39, 0.29) is 46.8 Å². The lowest BCUT2D eigenvalue weighted by molar-refractivity contribution is -0.188. The van der Waals surface area contributed by atoms with Gasteiger partial charge in [0, 0.05) is 56.6 Å². The summed E-state index contributed by atoms with van der Waals surface area (Å²) in [4.78, 5) is 14.8. The lowest BCUT2D eigenvalue weighted by atomic mass is 9.94. The number of piperidine rings is 2. The van der Waals surface area contributed by atoms with E-state index in [1.54, 1.807) is 0 Å². The summed E-state index contributed by atoms with van der Waals surface area (Å²) in [5.74, 6) is -2.31. The maximum absolute atomic E-state index is 14.0. The van der Waals surface area contributed by atoms with E-state index in [1.165, 1.54) is 29.4 Å². The Balaban J connectivity index is 1.23. The largest absolute Gasteiger partial charge is 0.355 e. The monoisotopic (exact) mass is 537 g/mol. The summed E-state index contributed by atoms with van der Waals surface area (Å²) in [5.41, 5.74) is 0.254. The van der Waals surface area contributed by atoms with Crippen molar-refractivity contribution in [2.75, 3.05) is 39.4 Å². The van der Waals surface area contributed by atoms with E-state index in [2.05, 4.69) is 5.16 Å². The molecule has 3 saturated heterocycles. The van der Waals surface area contributed by atoms with Gasteiger partial charge in [-0.1, -0.05) is 5.16 Å². The molecule has 4 heterocycles. The number of aromatic nitrogens is 1. The van der Waals surface area contributed by atoms with Crippen molar-refractivity contribution in [2.45, 2.75) is 43.3 Å². The number of likely N-dealkylation sites (tertiary alicyclic amines) is 1. The van der Waals surface area contributed by atoms with Crippen LogP contribution in [0.25, 0.3) is 12.2 Å². The molecule has 200 valence electrons. The van der Waals surface area contributed by atoms with Crippen molar-refractivity contribution in [1.82, 2.24) is 14.4 Å². The van der Waals surface area contributed by atoms with E-state index in [4.69, 9.17) is 14.0 Å². The molecule has 0 bridgehead atoms. The zero-order valence-corrected chi connectivity index (χ0v) is 21.3. The van der Waals surface area contributed by atoms with E-state index in [0.29, 0.717) is 52.0 Å². The van der Waals surface area contributed by atoms with Gasteiger partial charge in [0.15, 0.2) is 16.4 Å². The van der Waals surface area contributed by atoms with Crippen LogP contribution < -0.4 is 0 Å². The Morgan fingerprint density at radius 1 is 1.08 bits per heavy atom. The molecule has 1 aromatic heterocycles. The maximum Gasteiger partial charge on any atom is 0.248 e. The molecule has 0 radical (unpaired) electrons. The van der Waals surface area contributed by atoms with Crippen molar-refractivity contribution in [3.8, 4) is 0 Å². The van der Waals surface area contributed by atoms with E-state index < -0.39 is 27.4 Å². The second kappa shape index (κ2) is 10.2. The highest BCUT2D eigenvalue weighted by Crippen LogP contribution is 2.34. The average Bonchev–Trinajstić information content (AvgIpc) is 3.50. The molecule has 3 aliphatic heterocycles. The van der Waals surface area contributed by atoms with Crippen molar-refractivity contribution < 1.29 is 36.0 Å². The van der Waals surface area contributed by atoms with Crippen LogP contribution in [0, 0.1) is 24.5 Å². The highest BCUT2D eigenvalue weighted by molar-refractivity contribution is 7.89. The quantitative estimate of drug-likeness (QED) is 0.577. The Hall–Kier alpha value is -2.67. The molecule has 1 aromatic carbocycles. The molecule has 0 aliphatic carbocycles. The van der Waals surface area contributed by atoms with Gasteiger partial charge in [-0.15, -0.1) is 0 Å². The Morgan fingerprint density at radius 2 is 1.76 bits per heavy atom. The van der Waals surface area contributed by atoms with E-state index in [9.17, 15) is 22.0 Å². The van der Waals surface area contributed by atoms with Crippen molar-refractivity contribution in [2.24, 2.45) is 5.92 Å². The van der Waals surface area contributed by atoms with Gasteiger partial charge in [-0.2, -0.15) is 4.31 Å². The van der Waals surface area contributed by atoms with Crippen LogP contribution in [0.1, 0.15) is 42.7 Å². The van der Waals surface area contributed by atoms with Crippen LogP contribution in [0.3, 0.4) is 0 Å². The number of amides is 1. The van der Waals surface area contributed by atoms with E-state index in [1.807, 2.05) is 4.90 Å². The number of benzene rings is 1. The molecule has 0 N–H and O–H groups in total. The Labute approximate surface area is 214 Å². The zero-order valence-electron chi connectivity index (χ0n) is 20.5. The first-order valence-electron chi connectivity index (χ1n) is 12.3. The third-order valence-electron chi connectivity index (χ3n) is 7.26. The number of hydrogen-bond acceptors (Lipinski definition) is 7. The van der Waals surface area contributed by atoms with Gasteiger partial charge in [-0.25, -0.2) is 17.2 Å². The molecule has 0 unspecified atom stereocenters. The van der Waals surface area contributed by atoms with Crippen molar-refractivity contribution >= 4 is 28.1 Å². The lowest BCUT2D eigenvalue weighted by Gasteiger charge is -2.40. The van der Waals surface area contributed by atoms with E-state index in [0.717, 1.165) is 12.1 Å². The molecule has 2 aromatic rings. The maximum atomic E-state index is 14.0. The second-order valence-electron chi connectivity index (χ2n) is 9.57. The summed E-state index contributed by atoms with van der Waals surface area (Å²) >= 11 is 0. The highest BCUT2D eigenvalue weighted by Gasteiger charge is 2.42. The van der Waals surface area contributed by atoms with E-state index >= 15 is 0 Å². The smallest absolute Gasteiger partial charge is 0.248 e. The van der Waals surface area contributed by atoms with Gasteiger partial charge in [0.1, 0.15) is 17.3 Å². The van der Waals surface area contributed by atoms with Crippen LogP contribution in [-0.4, -0.2) is 73.9 Å². The molecular weight excluding hydrogens is 508 g/mol. The first-order chi connectivity index (χ1) is 17.7. The number of hydrogen-bond donors (Lipinski definition) is 0. The Morgan fingerprint density at radius 3 is 2.41 bits per heavy atom. The molecule has 1 spiro atoms. The molecule has 37 heavy (non-hydrogen) atoms. The van der Waals surface area contributed by atoms with Gasteiger partial charge < -0.3 is 18.9 Å². The van der Waals surface area contributed by atoms with Crippen molar-refractivity contribution in [3.05, 3.63) is 46.9 Å². The molecule has 3 fully saturated rings. The second-order valence-corrected chi connectivity index (χ2v) is 11.4. The minimum atomic E-state index is -3.98.